The molecule has 0 radical (unpaired) electrons. The minimum Gasteiger partial charge on any atom is -0.337 e. The summed E-state index contributed by atoms with van der Waals surface area (Å²) in [6, 6.07) is 5.87. The quantitative estimate of drug-likeness (QED) is 0.688. The van der Waals surface area contributed by atoms with Crippen molar-refractivity contribution in [2.24, 2.45) is 7.05 Å². The van der Waals surface area contributed by atoms with Crippen LogP contribution >= 0.6 is 0 Å². The number of amides is 1. The van der Waals surface area contributed by atoms with Crippen LogP contribution in [0.4, 0.5) is 13.2 Å². The van der Waals surface area contributed by atoms with E-state index in [-0.39, 0.29) is 11.9 Å². The number of nitrogens with zero attached hydrogens (tertiary/aromatic N) is 6. The molecule has 1 amide bonds. The molecule has 1 fully saturated rings. The minimum absolute atomic E-state index is 0.171. The second-order valence-electron chi connectivity index (χ2n) is 6.64. The number of likely N-dealkylation sites (tertiary alicyclic amines) is 1. The molecule has 1 aromatic carbocycles. The Bertz CT molecular complexity index is 992. The SMILES string of the molecule is Cn1nnc2cc(C(=O)N3CCCC(n4ccc(C(F)(F)F)n4)C3)ccc21. The molecule has 0 bridgehead atoms. The third-order valence-corrected chi connectivity index (χ3v) is 4.81. The van der Waals surface area contributed by atoms with Gasteiger partial charge in [0.25, 0.3) is 5.91 Å². The van der Waals surface area contributed by atoms with E-state index in [0.29, 0.717) is 37.0 Å². The molecule has 0 saturated carbocycles. The van der Waals surface area contributed by atoms with Crippen LogP contribution in [0.5, 0.6) is 0 Å². The maximum Gasteiger partial charge on any atom is 0.435 e. The largest absolute Gasteiger partial charge is 0.435 e. The van der Waals surface area contributed by atoms with E-state index in [9.17, 15) is 18.0 Å². The molecule has 10 heteroatoms. The van der Waals surface area contributed by atoms with Crippen LogP contribution in [0.2, 0.25) is 0 Å². The predicted molar refractivity (Wildman–Crippen MR) is 89.9 cm³/mol. The van der Waals surface area contributed by atoms with E-state index in [1.165, 1.54) is 10.9 Å². The molecular weight excluding hydrogens is 361 g/mol. The van der Waals surface area contributed by atoms with Gasteiger partial charge in [0.1, 0.15) is 5.52 Å². The van der Waals surface area contributed by atoms with E-state index in [4.69, 9.17) is 0 Å². The summed E-state index contributed by atoms with van der Waals surface area (Å²) < 4.78 is 41.2. The number of halogens is 3. The summed E-state index contributed by atoms with van der Waals surface area (Å²) in [5.41, 5.74) is 1.01. The molecule has 27 heavy (non-hydrogen) atoms. The Kier molecular flexibility index (Phi) is 4.12. The molecule has 2 aromatic heterocycles. The van der Waals surface area contributed by atoms with Crippen molar-refractivity contribution in [1.82, 2.24) is 29.7 Å². The molecule has 0 N–H and O–H groups in total. The van der Waals surface area contributed by atoms with E-state index in [2.05, 4.69) is 15.4 Å². The minimum atomic E-state index is -4.47. The van der Waals surface area contributed by atoms with E-state index in [0.717, 1.165) is 11.6 Å². The number of rotatable bonds is 2. The third kappa shape index (κ3) is 3.26. The summed E-state index contributed by atoms with van der Waals surface area (Å²) in [6.07, 6.45) is -1.77. The Morgan fingerprint density at radius 1 is 1.26 bits per heavy atom. The van der Waals surface area contributed by atoms with Crippen LogP contribution in [0.25, 0.3) is 11.0 Å². The first-order valence-corrected chi connectivity index (χ1v) is 8.54. The van der Waals surface area contributed by atoms with Crippen molar-refractivity contribution in [3.05, 3.63) is 41.7 Å². The highest BCUT2D eigenvalue weighted by molar-refractivity contribution is 5.97. The van der Waals surface area contributed by atoms with Gasteiger partial charge in [-0.05, 0) is 37.1 Å². The first kappa shape index (κ1) is 17.5. The number of carbonyl (C=O) groups excluding carboxylic acids is 1. The van der Waals surface area contributed by atoms with E-state index in [1.807, 2.05) is 0 Å². The Hall–Kier alpha value is -2.91. The standard InChI is InChI=1S/C17H17F3N6O/c1-24-14-5-4-11(9-13(14)21-23-24)16(27)25-7-2-3-12(10-25)26-8-6-15(22-26)17(18,19)20/h4-6,8-9,12H,2-3,7,10H2,1H3. The molecule has 142 valence electrons. The molecule has 1 aliphatic heterocycles. The molecule has 1 unspecified atom stereocenters. The summed E-state index contributed by atoms with van der Waals surface area (Å²) >= 11 is 0. The zero-order valence-electron chi connectivity index (χ0n) is 14.5. The van der Waals surface area contributed by atoms with Crippen LogP contribution in [-0.4, -0.2) is 48.7 Å². The first-order valence-electron chi connectivity index (χ1n) is 8.54. The van der Waals surface area contributed by atoms with Gasteiger partial charge in [0.15, 0.2) is 5.69 Å². The maximum absolute atomic E-state index is 12.9. The highest BCUT2D eigenvalue weighted by Gasteiger charge is 2.35. The normalized spacial score (nSPS) is 18.2. The van der Waals surface area contributed by atoms with Gasteiger partial charge in [0, 0.05) is 31.9 Å². The van der Waals surface area contributed by atoms with Gasteiger partial charge in [-0.2, -0.15) is 18.3 Å². The highest BCUT2D eigenvalue weighted by atomic mass is 19.4. The van der Waals surface area contributed by atoms with Gasteiger partial charge in [0.2, 0.25) is 0 Å². The van der Waals surface area contributed by atoms with Crippen LogP contribution in [0.15, 0.2) is 30.5 Å². The lowest BCUT2D eigenvalue weighted by Gasteiger charge is -2.33. The topological polar surface area (TPSA) is 68.8 Å². The van der Waals surface area contributed by atoms with Crippen molar-refractivity contribution in [1.29, 1.82) is 0 Å². The zero-order chi connectivity index (χ0) is 19.2. The molecule has 1 saturated heterocycles. The average molecular weight is 378 g/mol. The molecule has 0 spiro atoms. The number of piperidine rings is 1. The average Bonchev–Trinajstić information content (AvgIpc) is 3.28. The van der Waals surface area contributed by atoms with Crippen molar-refractivity contribution >= 4 is 16.9 Å². The fourth-order valence-electron chi connectivity index (χ4n) is 3.40. The smallest absolute Gasteiger partial charge is 0.337 e. The highest BCUT2D eigenvalue weighted by Crippen LogP contribution is 2.29. The van der Waals surface area contributed by atoms with Crippen LogP contribution in [-0.2, 0) is 13.2 Å². The fraction of sp³-hybridized carbons (Fsp3) is 0.412. The van der Waals surface area contributed by atoms with E-state index >= 15 is 0 Å². The van der Waals surface area contributed by atoms with Gasteiger partial charge in [-0.3, -0.25) is 9.48 Å². The number of benzene rings is 1. The van der Waals surface area contributed by atoms with Crippen molar-refractivity contribution in [3.63, 3.8) is 0 Å². The molecule has 1 atom stereocenters. The molecule has 3 heterocycles. The number of alkyl halides is 3. The van der Waals surface area contributed by atoms with Crippen LogP contribution in [0.3, 0.4) is 0 Å². The number of aryl methyl sites for hydroxylation is 1. The second-order valence-corrected chi connectivity index (χ2v) is 6.64. The lowest BCUT2D eigenvalue weighted by Crippen LogP contribution is -2.40. The predicted octanol–water partition coefficient (Wildman–Crippen LogP) is 2.66. The summed E-state index contributed by atoms with van der Waals surface area (Å²) in [5, 5.41) is 11.6. The monoisotopic (exact) mass is 378 g/mol. The Labute approximate surface area is 152 Å². The first-order chi connectivity index (χ1) is 12.8. The summed E-state index contributed by atoms with van der Waals surface area (Å²) in [4.78, 5) is 14.5. The Morgan fingerprint density at radius 3 is 2.81 bits per heavy atom. The number of hydrogen-bond donors (Lipinski definition) is 0. The van der Waals surface area contributed by atoms with Gasteiger partial charge in [-0.1, -0.05) is 5.21 Å². The van der Waals surface area contributed by atoms with Crippen LogP contribution < -0.4 is 0 Å². The van der Waals surface area contributed by atoms with E-state index < -0.39 is 11.9 Å². The number of carbonyl (C=O) groups is 1. The summed E-state index contributed by atoms with van der Waals surface area (Å²) in [5.74, 6) is -0.171. The van der Waals surface area contributed by atoms with Crippen LogP contribution in [0.1, 0.15) is 34.9 Å². The molecule has 0 aliphatic carbocycles. The lowest BCUT2D eigenvalue weighted by atomic mass is 10.0. The lowest BCUT2D eigenvalue weighted by molar-refractivity contribution is -0.141. The van der Waals surface area contributed by atoms with Gasteiger partial charge in [-0.25, -0.2) is 4.68 Å². The Balaban J connectivity index is 1.53. The molecule has 7 nitrogen and oxygen atoms in total. The summed E-state index contributed by atoms with van der Waals surface area (Å²) in [6.45, 7) is 0.873. The van der Waals surface area contributed by atoms with Gasteiger partial charge < -0.3 is 4.90 Å². The molecule has 1 aliphatic rings. The number of hydrogen-bond acceptors (Lipinski definition) is 4. The third-order valence-electron chi connectivity index (χ3n) is 4.81. The van der Waals surface area contributed by atoms with Crippen molar-refractivity contribution in [2.45, 2.75) is 25.1 Å². The van der Waals surface area contributed by atoms with Gasteiger partial charge >= 0.3 is 6.18 Å². The number of aromatic nitrogens is 5. The Morgan fingerprint density at radius 2 is 2.07 bits per heavy atom. The van der Waals surface area contributed by atoms with Crippen molar-refractivity contribution < 1.29 is 18.0 Å². The van der Waals surface area contributed by atoms with Crippen molar-refractivity contribution in [2.75, 3.05) is 13.1 Å². The fourth-order valence-corrected chi connectivity index (χ4v) is 3.40. The van der Waals surface area contributed by atoms with Crippen LogP contribution in [0, 0.1) is 0 Å². The maximum atomic E-state index is 12.9. The number of fused-ring (bicyclic) bond motifs is 1. The molecule has 3 aromatic rings. The van der Waals surface area contributed by atoms with Gasteiger partial charge in [0.05, 0.1) is 11.6 Å². The molecule has 4 rings (SSSR count). The summed E-state index contributed by atoms with van der Waals surface area (Å²) in [7, 11) is 1.77. The van der Waals surface area contributed by atoms with E-state index in [1.54, 1.807) is 34.8 Å². The second kappa shape index (κ2) is 6.36. The van der Waals surface area contributed by atoms with Gasteiger partial charge in [-0.15, -0.1) is 5.10 Å². The zero-order valence-corrected chi connectivity index (χ0v) is 14.5. The molecular formula is C17H17F3N6O. The van der Waals surface area contributed by atoms with Crippen molar-refractivity contribution in [3.8, 4) is 0 Å².